The topological polar surface area (TPSA) is 261 Å². The highest BCUT2D eigenvalue weighted by Gasteiger charge is 2.31. The molecule has 1 aromatic heterocycles. The lowest BCUT2D eigenvalue weighted by atomic mass is 10.0. The number of carboxylic acids is 3. The van der Waals surface area contributed by atoms with Crippen molar-refractivity contribution in [2.75, 3.05) is 6.61 Å². The minimum Gasteiger partial charge on any atom is -0.481 e. The number of H-pyrrole nitrogens is 1. The number of hydrogen-bond donors (Lipinski definition) is 9. The number of nitrogens with two attached hydrogens (primary N) is 1. The number of nitrogens with one attached hydrogen (secondary N) is 4. The van der Waals surface area contributed by atoms with E-state index in [4.69, 9.17) is 15.9 Å². The molecule has 10 N–H and O–H groups in total. The summed E-state index contributed by atoms with van der Waals surface area (Å²) in [5.74, 6) is -6.74. The third-order valence-corrected chi connectivity index (χ3v) is 5.81. The Morgan fingerprint density at radius 3 is 1.97 bits per heavy atom. The summed E-state index contributed by atoms with van der Waals surface area (Å²) >= 11 is 0. The number of rotatable bonds is 16. The third-order valence-electron chi connectivity index (χ3n) is 5.81. The summed E-state index contributed by atoms with van der Waals surface area (Å²) in [5.41, 5.74) is 6.96. The van der Waals surface area contributed by atoms with Crippen LogP contribution >= 0.6 is 0 Å². The molecular weight excluding hydrogens is 518 g/mol. The summed E-state index contributed by atoms with van der Waals surface area (Å²) in [4.78, 5) is 74.5. The molecule has 3 amide bonds. The van der Waals surface area contributed by atoms with Gasteiger partial charge >= 0.3 is 17.9 Å². The van der Waals surface area contributed by atoms with Crippen molar-refractivity contribution in [3.05, 3.63) is 36.0 Å². The maximum absolute atomic E-state index is 13.1. The molecule has 15 nitrogen and oxygen atoms in total. The van der Waals surface area contributed by atoms with Crippen LogP contribution in [0.25, 0.3) is 10.9 Å². The minimum atomic E-state index is -1.56. The van der Waals surface area contributed by atoms with Crippen molar-refractivity contribution in [1.29, 1.82) is 0 Å². The van der Waals surface area contributed by atoms with Gasteiger partial charge in [0.2, 0.25) is 17.7 Å². The predicted octanol–water partition coefficient (Wildman–Crippen LogP) is -1.70. The SMILES string of the molecule is NC(CCC(=O)O)C(=O)NC(CO)C(=O)NC(Cc1c[nH]c2ccccc12)C(=O)NC(CCC(=O)O)C(=O)O. The summed E-state index contributed by atoms with van der Waals surface area (Å²) < 4.78 is 0. The zero-order chi connectivity index (χ0) is 29.1. The van der Waals surface area contributed by atoms with Crippen LogP contribution in [0.4, 0.5) is 0 Å². The molecule has 1 aromatic carbocycles. The second kappa shape index (κ2) is 14.4. The van der Waals surface area contributed by atoms with Gasteiger partial charge in [0.05, 0.1) is 12.6 Å². The molecule has 0 aliphatic heterocycles. The molecule has 0 radical (unpaired) electrons. The fourth-order valence-electron chi connectivity index (χ4n) is 3.68. The molecule has 4 atom stereocenters. The number of aliphatic hydroxyl groups is 1. The van der Waals surface area contributed by atoms with Gasteiger partial charge in [0, 0.05) is 36.4 Å². The minimum absolute atomic E-state index is 0.128. The standard InChI is InChI=1S/C24H31N5O10/c25-14(5-7-19(31)32)21(35)29-18(11-30)23(37)28-17(9-12-10-26-15-4-2-1-3-13(12)15)22(36)27-16(24(38)39)6-8-20(33)34/h1-4,10,14,16-18,26,30H,5-9,11,25H2,(H,27,36)(H,28,37)(H,29,35)(H,31,32)(H,33,34)(H,38,39). The number of aliphatic carboxylic acids is 3. The Morgan fingerprint density at radius 1 is 0.795 bits per heavy atom. The lowest BCUT2D eigenvalue weighted by molar-refractivity contribution is -0.143. The van der Waals surface area contributed by atoms with Gasteiger partial charge in [-0.3, -0.25) is 24.0 Å². The van der Waals surface area contributed by atoms with Gasteiger partial charge in [0.25, 0.3) is 0 Å². The first-order chi connectivity index (χ1) is 18.4. The van der Waals surface area contributed by atoms with Crippen LogP contribution in [0.5, 0.6) is 0 Å². The number of carbonyl (C=O) groups excluding carboxylic acids is 3. The zero-order valence-corrected chi connectivity index (χ0v) is 20.8. The van der Waals surface area contributed by atoms with E-state index in [1.165, 1.54) is 0 Å². The average Bonchev–Trinajstić information content (AvgIpc) is 3.29. The van der Waals surface area contributed by atoms with Crippen molar-refractivity contribution in [2.24, 2.45) is 5.73 Å². The molecule has 2 aromatic rings. The number of hydrogen-bond acceptors (Lipinski definition) is 8. The van der Waals surface area contributed by atoms with E-state index in [0.29, 0.717) is 5.56 Å². The highest BCUT2D eigenvalue weighted by Crippen LogP contribution is 2.19. The Hall–Kier alpha value is -4.50. The van der Waals surface area contributed by atoms with Gasteiger partial charge in [-0.05, 0) is 24.5 Å². The van der Waals surface area contributed by atoms with Crippen molar-refractivity contribution in [3.63, 3.8) is 0 Å². The zero-order valence-electron chi connectivity index (χ0n) is 20.8. The molecule has 4 unspecified atom stereocenters. The van der Waals surface area contributed by atoms with E-state index in [-0.39, 0.29) is 12.8 Å². The van der Waals surface area contributed by atoms with E-state index in [0.717, 1.165) is 10.9 Å². The van der Waals surface area contributed by atoms with E-state index in [1.807, 2.05) is 0 Å². The van der Waals surface area contributed by atoms with Gasteiger partial charge in [-0.2, -0.15) is 0 Å². The lowest BCUT2D eigenvalue weighted by Crippen LogP contribution is -2.58. The van der Waals surface area contributed by atoms with Crippen LogP contribution in [0, 0.1) is 0 Å². The van der Waals surface area contributed by atoms with Crippen LogP contribution in [0.15, 0.2) is 30.5 Å². The quantitative estimate of drug-likeness (QED) is 0.114. The second-order valence-electron chi connectivity index (χ2n) is 8.74. The molecule has 0 bridgehead atoms. The summed E-state index contributed by atoms with van der Waals surface area (Å²) in [6, 6.07) is 1.29. The molecule has 15 heteroatoms. The van der Waals surface area contributed by atoms with Gasteiger partial charge in [-0.1, -0.05) is 18.2 Å². The second-order valence-corrected chi connectivity index (χ2v) is 8.74. The van der Waals surface area contributed by atoms with Gasteiger partial charge in [-0.25, -0.2) is 4.79 Å². The van der Waals surface area contributed by atoms with Crippen LogP contribution in [-0.2, 0) is 35.2 Å². The molecule has 0 aliphatic rings. The molecule has 0 aliphatic carbocycles. The normalized spacial score (nSPS) is 14.0. The van der Waals surface area contributed by atoms with Crippen LogP contribution in [-0.4, -0.2) is 91.8 Å². The molecule has 0 saturated heterocycles. The molecule has 0 spiro atoms. The number of benzene rings is 1. The Balaban J connectivity index is 2.23. The number of para-hydroxylation sites is 1. The van der Waals surface area contributed by atoms with Crippen LogP contribution in [0.2, 0.25) is 0 Å². The molecule has 39 heavy (non-hydrogen) atoms. The number of aliphatic hydroxyl groups excluding tert-OH is 1. The van der Waals surface area contributed by atoms with Crippen molar-refractivity contribution in [1.82, 2.24) is 20.9 Å². The van der Waals surface area contributed by atoms with Crippen LogP contribution in [0.1, 0.15) is 31.2 Å². The Labute approximate surface area is 221 Å². The van der Waals surface area contributed by atoms with Crippen molar-refractivity contribution < 1.29 is 49.2 Å². The summed E-state index contributed by atoms with van der Waals surface area (Å²) in [6.07, 6.45) is -0.0885. The number of fused-ring (bicyclic) bond motifs is 1. The smallest absolute Gasteiger partial charge is 0.326 e. The first kappa shape index (κ1) is 30.7. The number of carbonyl (C=O) groups is 6. The Morgan fingerprint density at radius 2 is 1.36 bits per heavy atom. The average molecular weight is 550 g/mol. The number of carboxylic acid groups (broad SMARTS) is 3. The Bertz CT molecular complexity index is 1210. The van der Waals surface area contributed by atoms with Crippen molar-refractivity contribution >= 4 is 46.5 Å². The number of amides is 3. The van der Waals surface area contributed by atoms with Crippen molar-refractivity contribution in [3.8, 4) is 0 Å². The molecule has 212 valence electrons. The predicted molar refractivity (Wildman–Crippen MR) is 134 cm³/mol. The maximum Gasteiger partial charge on any atom is 0.326 e. The first-order valence-corrected chi connectivity index (χ1v) is 11.9. The fourth-order valence-corrected chi connectivity index (χ4v) is 3.68. The van der Waals surface area contributed by atoms with E-state index in [1.54, 1.807) is 30.5 Å². The fraction of sp³-hybridized carbons (Fsp3) is 0.417. The van der Waals surface area contributed by atoms with E-state index >= 15 is 0 Å². The first-order valence-electron chi connectivity index (χ1n) is 11.9. The Kier molecular flexibility index (Phi) is 11.4. The summed E-state index contributed by atoms with van der Waals surface area (Å²) in [6.45, 7) is -0.888. The van der Waals surface area contributed by atoms with Gasteiger partial charge in [0.15, 0.2) is 0 Å². The van der Waals surface area contributed by atoms with E-state index < -0.39 is 85.7 Å². The molecule has 2 rings (SSSR count). The van der Waals surface area contributed by atoms with E-state index in [9.17, 15) is 39.0 Å². The number of aromatic amines is 1. The van der Waals surface area contributed by atoms with Crippen molar-refractivity contribution in [2.45, 2.75) is 56.3 Å². The molecular formula is C24H31N5O10. The number of aromatic nitrogens is 1. The maximum atomic E-state index is 13.1. The summed E-state index contributed by atoms with van der Waals surface area (Å²) in [5, 5.41) is 44.3. The monoisotopic (exact) mass is 549 g/mol. The largest absolute Gasteiger partial charge is 0.481 e. The third kappa shape index (κ3) is 9.39. The van der Waals surface area contributed by atoms with E-state index in [2.05, 4.69) is 20.9 Å². The highest BCUT2D eigenvalue weighted by molar-refractivity contribution is 5.95. The van der Waals surface area contributed by atoms with Gasteiger partial charge < -0.3 is 47.1 Å². The molecule has 1 heterocycles. The summed E-state index contributed by atoms with van der Waals surface area (Å²) in [7, 11) is 0. The highest BCUT2D eigenvalue weighted by atomic mass is 16.4. The molecule has 0 fully saturated rings. The van der Waals surface area contributed by atoms with Gasteiger partial charge in [-0.15, -0.1) is 0 Å². The van der Waals surface area contributed by atoms with Gasteiger partial charge in [0.1, 0.15) is 18.1 Å². The van der Waals surface area contributed by atoms with Crippen LogP contribution < -0.4 is 21.7 Å². The lowest BCUT2D eigenvalue weighted by Gasteiger charge is -2.24. The molecule has 0 saturated carbocycles. The van der Waals surface area contributed by atoms with Crippen LogP contribution in [0.3, 0.4) is 0 Å².